The van der Waals surface area contributed by atoms with Crippen LogP contribution in [-0.4, -0.2) is 43.9 Å². The van der Waals surface area contributed by atoms with E-state index in [0.29, 0.717) is 25.2 Å². The molecule has 1 aliphatic heterocycles. The Morgan fingerprint density at radius 3 is 2.60 bits per heavy atom. The molecule has 1 aromatic carbocycles. The van der Waals surface area contributed by atoms with Gasteiger partial charge in [-0.2, -0.15) is 4.31 Å². The lowest BCUT2D eigenvalue weighted by atomic mass is 10.2. The lowest BCUT2D eigenvalue weighted by Crippen LogP contribution is -2.35. The van der Waals surface area contributed by atoms with Crippen LogP contribution in [0.4, 0.5) is 10.1 Å². The number of benzene rings is 1. The predicted octanol–water partition coefficient (Wildman–Crippen LogP) is 2.74. The highest BCUT2D eigenvalue weighted by Gasteiger charge is 2.28. The molecule has 0 saturated carbocycles. The molecule has 7 heteroatoms. The van der Waals surface area contributed by atoms with Crippen LogP contribution < -0.4 is 4.90 Å². The molecule has 3 rings (SSSR count). The van der Waals surface area contributed by atoms with E-state index in [1.54, 1.807) is 13.1 Å². The fourth-order valence-corrected chi connectivity index (χ4v) is 4.89. The fourth-order valence-electron chi connectivity index (χ4n) is 3.19. The Kier molecular flexibility index (Phi) is 5.06. The minimum atomic E-state index is -3.70. The van der Waals surface area contributed by atoms with E-state index in [9.17, 15) is 12.8 Å². The summed E-state index contributed by atoms with van der Waals surface area (Å²) in [5.41, 5.74) is 2.71. The van der Waals surface area contributed by atoms with Crippen molar-refractivity contribution in [2.75, 3.05) is 31.1 Å². The summed E-state index contributed by atoms with van der Waals surface area (Å²) in [6.45, 7) is 5.87. The van der Waals surface area contributed by atoms with Crippen molar-refractivity contribution in [1.82, 2.24) is 9.29 Å². The molecule has 0 atom stereocenters. The smallest absolute Gasteiger partial charge is 0.243 e. The van der Waals surface area contributed by atoms with Gasteiger partial charge in [-0.3, -0.25) is 4.98 Å². The maximum absolute atomic E-state index is 13.6. The van der Waals surface area contributed by atoms with Crippen LogP contribution in [-0.2, 0) is 10.0 Å². The molecule has 0 unspecified atom stereocenters. The number of anilines is 1. The molecule has 0 radical (unpaired) electrons. The largest absolute Gasteiger partial charge is 0.370 e. The van der Waals surface area contributed by atoms with Crippen LogP contribution >= 0.6 is 0 Å². The molecule has 0 bridgehead atoms. The average Bonchev–Trinajstić information content (AvgIpc) is 2.84. The van der Waals surface area contributed by atoms with Crippen molar-refractivity contribution in [3.63, 3.8) is 0 Å². The molecule has 134 valence electrons. The van der Waals surface area contributed by atoms with Crippen LogP contribution in [0.2, 0.25) is 0 Å². The van der Waals surface area contributed by atoms with Crippen LogP contribution in [0.25, 0.3) is 0 Å². The molecule has 0 amide bonds. The van der Waals surface area contributed by atoms with E-state index >= 15 is 0 Å². The second-order valence-electron chi connectivity index (χ2n) is 6.32. The van der Waals surface area contributed by atoms with Crippen molar-refractivity contribution in [3.05, 3.63) is 53.6 Å². The molecule has 1 fully saturated rings. The quantitative estimate of drug-likeness (QED) is 0.841. The van der Waals surface area contributed by atoms with E-state index in [0.717, 1.165) is 30.3 Å². The van der Waals surface area contributed by atoms with Crippen LogP contribution in [0, 0.1) is 19.7 Å². The lowest BCUT2D eigenvalue weighted by molar-refractivity contribution is 0.432. The number of halogens is 1. The zero-order valence-electron chi connectivity index (χ0n) is 14.4. The zero-order valence-corrected chi connectivity index (χ0v) is 15.3. The standard InChI is InChI=1S/C18H22FN3O2S/c1-14-4-5-16(19)12-18(14)25(23,24)22-9-3-8-21(10-11-22)17-6-7-20-13-15(17)2/h4-7,12-13H,3,8-11H2,1-2H3. The highest BCUT2D eigenvalue weighted by molar-refractivity contribution is 7.89. The maximum Gasteiger partial charge on any atom is 0.243 e. The number of rotatable bonds is 3. The van der Waals surface area contributed by atoms with E-state index in [4.69, 9.17) is 0 Å². The molecule has 1 aromatic heterocycles. The van der Waals surface area contributed by atoms with Crippen molar-refractivity contribution in [2.45, 2.75) is 25.2 Å². The normalized spacial score (nSPS) is 16.7. The second kappa shape index (κ2) is 7.09. The van der Waals surface area contributed by atoms with Gasteiger partial charge in [-0.05, 0) is 49.6 Å². The van der Waals surface area contributed by atoms with Crippen molar-refractivity contribution < 1.29 is 12.8 Å². The molecular formula is C18H22FN3O2S. The first kappa shape index (κ1) is 17.8. The molecular weight excluding hydrogens is 341 g/mol. The van der Waals surface area contributed by atoms with Gasteiger partial charge in [0.15, 0.2) is 0 Å². The summed E-state index contributed by atoms with van der Waals surface area (Å²) in [7, 11) is -3.70. The third kappa shape index (κ3) is 3.67. The van der Waals surface area contributed by atoms with Crippen molar-refractivity contribution in [2.24, 2.45) is 0 Å². The lowest BCUT2D eigenvalue weighted by Gasteiger charge is -2.25. The van der Waals surface area contributed by atoms with Gasteiger partial charge < -0.3 is 4.90 Å². The first-order valence-electron chi connectivity index (χ1n) is 8.31. The van der Waals surface area contributed by atoms with Crippen LogP contribution in [0.15, 0.2) is 41.6 Å². The third-order valence-corrected chi connectivity index (χ3v) is 6.59. The predicted molar refractivity (Wildman–Crippen MR) is 95.7 cm³/mol. The van der Waals surface area contributed by atoms with Gasteiger partial charge in [-0.25, -0.2) is 12.8 Å². The Labute approximate surface area is 148 Å². The molecule has 0 N–H and O–H groups in total. The first-order chi connectivity index (χ1) is 11.9. The van der Waals surface area contributed by atoms with Gasteiger partial charge in [-0.1, -0.05) is 6.07 Å². The minimum Gasteiger partial charge on any atom is -0.370 e. The van der Waals surface area contributed by atoms with Crippen molar-refractivity contribution in [3.8, 4) is 0 Å². The monoisotopic (exact) mass is 363 g/mol. The van der Waals surface area contributed by atoms with Crippen LogP contribution in [0.3, 0.4) is 0 Å². The van der Waals surface area contributed by atoms with Crippen molar-refractivity contribution in [1.29, 1.82) is 0 Å². The number of aromatic nitrogens is 1. The number of nitrogens with zero attached hydrogens (tertiary/aromatic N) is 3. The maximum atomic E-state index is 13.6. The van der Waals surface area contributed by atoms with Gasteiger partial charge in [0.2, 0.25) is 10.0 Å². The average molecular weight is 363 g/mol. The number of hydrogen-bond donors (Lipinski definition) is 0. The van der Waals surface area contributed by atoms with E-state index in [2.05, 4.69) is 9.88 Å². The Morgan fingerprint density at radius 1 is 1.04 bits per heavy atom. The SMILES string of the molecule is Cc1cnccc1N1CCCN(S(=O)(=O)c2cc(F)ccc2C)CC1. The number of aryl methyl sites for hydroxylation is 2. The molecule has 0 spiro atoms. The Morgan fingerprint density at radius 2 is 1.84 bits per heavy atom. The summed E-state index contributed by atoms with van der Waals surface area (Å²) in [4.78, 5) is 6.35. The third-order valence-electron chi connectivity index (χ3n) is 4.55. The molecule has 2 aromatic rings. The summed E-state index contributed by atoms with van der Waals surface area (Å²) < 4.78 is 40.9. The Hall–Kier alpha value is -1.99. The van der Waals surface area contributed by atoms with Gasteiger partial charge in [0.1, 0.15) is 5.82 Å². The minimum absolute atomic E-state index is 0.0565. The van der Waals surface area contributed by atoms with E-state index in [1.807, 2.05) is 19.2 Å². The highest BCUT2D eigenvalue weighted by atomic mass is 32.2. The first-order valence-corrected chi connectivity index (χ1v) is 9.75. The molecule has 25 heavy (non-hydrogen) atoms. The topological polar surface area (TPSA) is 53.5 Å². The van der Waals surface area contributed by atoms with Gasteiger partial charge >= 0.3 is 0 Å². The van der Waals surface area contributed by atoms with E-state index in [1.165, 1.54) is 16.4 Å². The zero-order chi connectivity index (χ0) is 18.0. The summed E-state index contributed by atoms with van der Waals surface area (Å²) in [5, 5.41) is 0. The number of pyridine rings is 1. The second-order valence-corrected chi connectivity index (χ2v) is 8.22. The molecule has 0 aliphatic carbocycles. The molecule has 1 aliphatic rings. The van der Waals surface area contributed by atoms with Gasteiger partial charge in [0.25, 0.3) is 0 Å². The van der Waals surface area contributed by atoms with Crippen LogP contribution in [0.1, 0.15) is 17.5 Å². The van der Waals surface area contributed by atoms with Gasteiger partial charge in [0.05, 0.1) is 4.90 Å². The Bertz CT molecular complexity index is 870. The van der Waals surface area contributed by atoms with Gasteiger partial charge in [0, 0.05) is 44.3 Å². The summed E-state index contributed by atoms with van der Waals surface area (Å²) >= 11 is 0. The van der Waals surface area contributed by atoms with Crippen molar-refractivity contribution >= 4 is 15.7 Å². The number of hydrogen-bond acceptors (Lipinski definition) is 4. The summed E-state index contributed by atoms with van der Waals surface area (Å²) in [6, 6.07) is 5.86. The summed E-state index contributed by atoms with van der Waals surface area (Å²) in [6.07, 6.45) is 4.28. The molecule has 1 saturated heterocycles. The highest BCUT2D eigenvalue weighted by Crippen LogP contribution is 2.24. The van der Waals surface area contributed by atoms with E-state index < -0.39 is 15.8 Å². The van der Waals surface area contributed by atoms with Gasteiger partial charge in [-0.15, -0.1) is 0 Å². The Balaban J connectivity index is 1.83. The fraction of sp³-hybridized carbons (Fsp3) is 0.389. The molecule has 2 heterocycles. The van der Waals surface area contributed by atoms with Crippen LogP contribution in [0.5, 0.6) is 0 Å². The summed E-state index contributed by atoms with van der Waals surface area (Å²) in [5.74, 6) is -0.534. The number of sulfonamides is 1. The molecule has 5 nitrogen and oxygen atoms in total. The van der Waals surface area contributed by atoms with E-state index in [-0.39, 0.29) is 4.90 Å².